The van der Waals surface area contributed by atoms with E-state index < -0.39 is 0 Å². The van der Waals surface area contributed by atoms with Crippen molar-refractivity contribution in [3.8, 4) is 22.8 Å². The van der Waals surface area contributed by atoms with Gasteiger partial charge < -0.3 is 19.6 Å². The van der Waals surface area contributed by atoms with E-state index in [2.05, 4.69) is 41.8 Å². The molecular weight excluding hydrogens is 528 g/mol. The van der Waals surface area contributed by atoms with Gasteiger partial charge in [0.1, 0.15) is 36.1 Å². The van der Waals surface area contributed by atoms with Crippen molar-refractivity contribution in [2.24, 2.45) is 0 Å². The van der Waals surface area contributed by atoms with Crippen LogP contribution in [0, 0.1) is 11.6 Å². The molecule has 0 atom stereocenters. The predicted octanol–water partition coefficient (Wildman–Crippen LogP) is 2.78. The van der Waals surface area contributed by atoms with E-state index in [1.807, 2.05) is 11.0 Å². The zero-order valence-corrected chi connectivity index (χ0v) is 22.8. The summed E-state index contributed by atoms with van der Waals surface area (Å²) in [5.74, 6) is 1.77. The van der Waals surface area contributed by atoms with Gasteiger partial charge in [-0.2, -0.15) is 0 Å². The second-order valence-corrected chi connectivity index (χ2v) is 10.3. The van der Waals surface area contributed by atoms with Crippen LogP contribution in [-0.4, -0.2) is 99.8 Å². The monoisotopic (exact) mass is 559 g/mol. The quantitative estimate of drug-likeness (QED) is 0.357. The second kappa shape index (κ2) is 11.6. The molecule has 10 nitrogen and oxygen atoms in total. The van der Waals surface area contributed by atoms with Crippen LogP contribution in [0.2, 0.25) is 0 Å². The van der Waals surface area contributed by atoms with Gasteiger partial charge in [0.25, 0.3) is 0 Å². The highest BCUT2D eigenvalue weighted by Gasteiger charge is 2.25. The van der Waals surface area contributed by atoms with Crippen LogP contribution in [0.5, 0.6) is 0 Å². The summed E-state index contributed by atoms with van der Waals surface area (Å²) in [5, 5.41) is 4.57. The summed E-state index contributed by atoms with van der Waals surface area (Å²) in [6, 6.07) is 13.8. The number of halogens is 2. The molecule has 1 amide bonds. The average Bonchev–Trinajstić information content (AvgIpc) is 3.42. The number of aromatic nitrogens is 5. The molecule has 2 fully saturated rings. The Kier molecular flexibility index (Phi) is 7.55. The predicted molar refractivity (Wildman–Crippen MR) is 151 cm³/mol. The number of nitrogens with zero attached hydrogens (tertiary/aromatic N) is 9. The highest BCUT2D eigenvalue weighted by molar-refractivity contribution is 5.77. The van der Waals surface area contributed by atoms with Gasteiger partial charge in [-0.1, -0.05) is 0 Å². The largest absolute Gasteiger partial charge is 0.354 e. The number of anilines is 2. The number of carbonyl (C=O) groups excluding carboxylic acids is 1. The van der Waals surface area contributed by atoms with Crippen molar-refractivity contribution in [3.63, 3.8) is 0 Å². The van der Waals surface area contributed by atoms with Crippen molar-refractivity contribution in [3.05, 3.63) is 72.6 Å². The first-order valence-corrected chi connectivity index (χ1v) is 13.7. The Morgan fingerprint density at radius 3 is 1.88 bits per heavy atom. The van der Waals surface area contributed by atoms with E-state index in [-0.39, 0.29) is 24.1 Å². The Labute approximate surface area is 236 Å². The number of carbonyl (C=O) groups is 1. The second-order valence-electron chi connectivity index (χ2n) is 10.3. The molecule has 4 aromatic rings. The lowest BCUT2D eigenvalue weighted by molar-refractivity contribution is -0.132. The van der Waals surface area contributed by atoms with E-state index in [1.54, 1.807) is 30.6 Å². The smallest absolute Gasteiger partial charge is 0.244 e. The minimum absolute atomic E-state index is 0.0258. The molecule has 2 aliphatic heterocycles. The molecule has 4 heterocycles. The van der Waals surface area contributed by atoms with Crippen molar-refractivity contribution in [1.82, 2.24) is 34.5 Å². The fourth-order valence-corrected chi connectivity index (χ4v) is 5.12. The number of rotatable bonds is 6. The van der Waals surface area contributed by atoms with Crippen LogP contribution in [0.1, 0.15) is 0 Å². The van der Waals surface area contributed by atoms with Crippen LogP contribution >= 0.6 is 0 Å². The number of hydrogen-bond donors (Lipinski definition) is 0. The first kappa shape index (κ1) is 26.8. The number of amides is 1. The third-order valence-electron chi connectivity index (χ3n) is 7.58. The van der Waals surface area contributed by atoms with Crippen LogP contribution in [0.4, 0.5) is 20.4 Å². The first-order valence-electron chi connectivity index (χ1n) is 13.7. The van der Waals surface area contributed by atoms with Gasteiger partial charge in [0.2, 0.25) is 5.91 Å². The molecule has 0 bridgehead atoms. The van der Waals surface area contributed by atoms with E-state index in [9.17, 15) is 13.6 Å². The van der Waals surface area contributed by atoms with Crippen LogP contribution in [0.3, 0.4) is 0 Å². The molecule has 0 unspecified atom stereocenters. The summed E-state index contributed by atoms with van der Waals surface area (Å²) in [5.41, 5.74) is 1.25. The van der Waals surface area contributed by atoms with Crippen LogP contribution in [0.15, 0.2) is 60.9 Å². The lowest BCUT2D eigenvalue weighted by Gasteiger charge is -2.36. The van der Waals surface area contributed by atoms with Crippen LogP contribution in [-0.2, 0) is 11.3 Å². The summed E-state index contributed by atoms with van der Waals surface area (Å²) in [6.07, 6.45) is 1.61. The third kappa shape index (κ3) is 6.02. The van der Waals surface area contributed by atoms with Gasteiger partial charge in [-0.3, -0.25) is 4.79 Å². The van der Waals surface area contributed by atoms with Gasteiger partial charge in [0.15, 0.2) is 11.6 Å². The standard InChI is InChI=1S/C29H31F2N9O/c1-36-10-12-37(13-11-36)25-18-26(33-20-32-25)38-14-16-39(17-15-38)27(41)19-40-29(22-4-8-24(31)9-5-22)34-28(35-40)21-2-6-23(30)7-3-21/h2-9,18,20H,10-17,19H2,1H3. The van der Waals surface area contributed by atoms with Gasteiger partial charge in [-0.05, 0) is 55.6 Å². The molecule has 2 aromatic heterocycles. The molecular formula is C29H31F2N9O. The number of benzene rings is 2. The molecule has 0 radical (unpaired) electrons. The molecule has 0 aliphatic carbocycles. The summed E-state index contributed by atoms with van der Waals surface area (Å²) < 4.78 is 28.6. The summed E-state index contributed by atoms with van der Waals surface area (Å²) >= 11 is 0. The topological polar surface area (TPSA) is 86.5 Å². The van der Waals surface area contributed by atoms with Gasteiger partial charge in [0, 0.05) is 69.6 Å². The molecule has 41 heavy (non-hydrogen) atoms. The molecule has 0 saturated carbocycles. The molecule has 12 heteroatoms. The van der Waals surface area contributed by atoms with Gasteiger partial charge in [-0.15, -0.1) is 5.10 Å². The van der Waals surface area contributed by atoms with E-state index in [0.717, 1.165) is 37.8 Å². The highest BCUT2D eigenvalue weighted by atomic mass is 19.1. The van der Waals surface area contributed by atoms with Crippen molar-refractivity contribution in [2.75, 3.05) is 69.2 Å². The van der Waals surface area contributed by atoms with E-state index in [0.29, 0.717) is 49.0 Å². The minimum atomic E-state index is -0.369. The zero-order chi connectivity index (χ0) is 28.3. The fourth-order valence-electron chi connectivity index (χ4n) is 5.12. The normalized spacial score (nSPS) is 16.3. The Bertz CT molecular complexity index is 1490. The molecule has 0 N–H and O–H groups in total. The fraction of sp³-hybridized carbons (Fsp3) is 0.345. The lowest BCUT2D eigenvalue weighted by atomic mass is 10.2. The average molecular weight is 560 g/mol. The molecule has 6 rings (SSSR count). The molecule has 2 aliphatic rings. The van der Waals surface area contributed by atoms with Crippen molar-refractivity contribution < 1.29 is 13.6 Å². The van der Waals surface area contributed by atoms with Gasteiger partial charge in [-0.25, -0.2) is 28.4 Å². The Morgan fingerprint density at radius 1 is 0.756 bits per heavy atom. The molecule has 0 spiro atoms. The summed E-state index contributed by atoms with van der Waals surface area (Å²) in [6.45, 7) is 6.21. The molecule has 2 saturated heterocycles. The van der Waals surface area contributed by atoms with Crippen molar-refractivity contribution >= 4 is 17.5 Å². The van der Waals surface area contributed by atoms with E-state index in [4.69, 9.17) is 0 Å². The van der Waals surface area contributed by atoms with Gasteiger partial charge in [0.05, 0.1) is 0 Å². The SMILES string of the molecule is CN1CCN(c2cc(N3CCN(C(=O)Cn4nc(-c5ccc(F)cc5)nc4-c4ccc(F)cc4)CC3)ncn2)CC1. The van der Waals surface area contributed by atoms with Gasteiger partial charge >= 0.3 is 0 Å². The van der Waals surface area contributed by atoms with E-state index >= 15 is 0 Å². The maximum Gasteiger partial charge on any atom is 0.244 e. The summed E-state index contributed by atoms with van der Waals surface area (Å²) in [7, 11) is 2.13. The first-order chi connectivity index (χ1) is 19.9. The Balaban J connectivity index is 1.14. The van der Waals surface area contributed by atoms with Crippen LogP contribution in [0.25, 0.3) is 22.8 Å². The number of hydrogen-bond acceptors (Lipinski definition) is 8. The van der Waals surface area contributed by atoms with Crippen LogP contribution < -0.4 is 9.80 Å². The Morgan fingerprint density at radius 2 is 1.29 bits per heavy atom. The zero-order valence-electron chi connectivity index (χ0n) is 22.8. The third-order valence-corrected chi connectivity index (χ3v) is 7.58. The molecule has 212 valence electrons. The maximum atomic E-state index is 13.6. The van der Waals surface area contributed by atoms with E-state index in [1.165, 1.54) is 28.9 Å². The van der Waals surface area contributed by atoms with Crippen molar-refractivity contribution in [2.45, 2.75) is 6.54 Å². The van der Waals surface area contributed by atoms with Crippen molar-refractivity contribution in [1.29, 1.82) is 0 Å². The Hall–Kier alpha value is -4.45. The lowest BCUT2D eigenvalue weighted by Crippen LogP contribution is -2.50. The number of likely N-dealkylation sites (N-methyl/N-ethyl adjacent to an activating group) is 1. The summed E-state index contributed by atoms with van der Waals surface area (Å²) in [4.78, 5) is 35.6. The minimum Gasteiger partial charge on any atom is -0.354 e. The highest BCUT2D eigenvalue weighted by Crippen LogP contribution is 2.24. The molecule has 2 aromatic carbocycles. The number of piperazine rings is 2. The maximum absolute atomic E-state index is 13.6.